The van der Waals surface area contributed by atoms with Crippen molar-refractivity contribution in [3.8, 4) is 0 Å². The van der Waals surface area contributed by atoms with E-state index in [0.717, 1.165) is 24.5 Å². The van der Waals surface area contributed by atoms with Gasteiger partial charge in [-0.1, -0.05) is 18.2 Å². The number of nitrogens with one attached hydrogen (secondary N) is 2. The zero-order valence-corrected chi connectivity index (χ0v) is 16.5. The van der Waals surface area contributed by atoms with Crippen LogP contribution in [0.3, 0.4) is 0 Å². The average Bonchev–Trinajstić information content (AvgIpc) is 2.75. The molecule has 0 unspecified atom stereocenters. The molecule has 0 aliphatic rings. The summed E-state index contributed by atoms with van der Waals surface area (Å²) in [6.45, 7) is 6.25. The SMILES string of the molecule is CCN(CC)c1ccc(Nc2ncc(C(=O)NCc3ccccc3F)cn2)cc1. The van der Waals surface area contributed by atoms with Crippen LogP contribution < -0.4 is 15.5 Å². The fourth-order valence-electron chi connectivity index (χ4n) is 2.90. The molecule has 2 N–H and O–H groups in total. The molecule has 0 radical (unpaired) electrons. The number of anilines is 3. The Morgan fingerprint density at radius 1 is 1.00 bits per heavy atom. The van der Waals surface area contributed by atoms with Crippen molar-refractivity contribution in [3.05, 3.63) is 77.9 Å². The minimum atomic E-state index is -0.358. The maximum Gasteiger partial charge on any atom is 0.254 e. The topological polar surface area (TPSA) is 70.2 Å². The Bertz CT molecular complexity index is 940. The molecule has 1 amide bonds. The van der Waals surface area contributed by atoms with Crippen molar-refractivity contribution < 1.29 is 9.18 Å². The van der Waals surface area contributed by atoms with Gasteiger partial charge in [-0.2, -0.15) is 0 Å². The molecule has 0 aliphatic carbocycles. The van der Waals surface area contributed by atoms with Gasteiger partial charge < -0.3 is 15.5 Å². The summed E-state index contributed by atoms with van der Waals surface area (Å²) >= 11 is 0. The number of halogens is 1. The third-order valence-electron chi connectivity index (χ3n) is 4.56. The Labute approximate surface area is 169 Å². The quantitative estimate of drug-likeness (QED) is 0.602. The van der Waals surface area contributed by atoms with E-state index < -0.39 is 0 Å². The lowest BCUT2D eigenvalue weighted by Crippen LogP contribution is -2.23. The lowest BCUT2D eigenvalue weighted by molar-refractivity contribution is 0.0950. The van der Waals surface area contributed by atoms with Gasteiger partial charge >= 0.3 is 0 Å². The molecule has 2 aromatic carbocycles. The normalized spacial score (nSPS) is 10.4. The second kappa shape index (κ2) is 9.64. The predicted molar refractivity (Wildman–Crippen MR) is 113 cm³/mol. The number of aromatic nitrogens is 2. The zero-order chi connectivity index (χ0) is 20.6. The highest BCUT2D eigenvalue weighted by Gasteiger charge is 2.09. The summed E-state index contributed by atoms with van der Waals surface area (Å²) in [5, 5.41) is 5.78. The maximum absolute atomic E-state index is 13.6. The van der Waals surface area contributed by atoms with E-state index in [1.807, 2.05) is 24.3 Å². The van der Waals surface area contributed by atoms with Gasteiger partial charge in [0.15, 0.2) is 0 Å². The van der Waals surface area contributed by atoms with E-state index >= 15 is 0 Å². The molecule has 0 atom stereocenters. The van der Waals surface area contributed by atoms with E-state index in [0.29, 0.717) is 17.1 Å². The standard InChI is InChI=1S/C22H24FN5O/c1-3-28(4-2)19-11-9-18(10-12-19)27-22-25-14-17(15-26-22)21(29)24-13-16-7-5-6-8-20(16)23/h5-12,14-15H,3-4,13H2,1-2H3,(H,24,29)(H,25,26,27). The first-order valence-electron chi connectivity index (χ1n) is 9.56. The van der Waals surface area contributed by atoms with E-state index in [2.05, 4.69) is 39.3 Å². The molecule has 3 rings (SSSR count). The molecule has 3 aromatic rings. The first kappa shape index (κ1) is 20.3. The van der Waals surface area contributed by atoms with Gasteiger partial charge in [0.05, 0.1) is 5.56 Å². The van der Waals surface area contributed by atoms with Crippen molar-refractivity contribution in [1.82, 2.24) is 15.3 Å². The number of carbonyl (C=O) groups excluding carboxylic acids is 1. The molecule has 150 valence electrons. The van der Waals surface area contributed by atoms with Crippen molar-refractivity contribution in [1.29, 1.82) is 0 Å². The Kier molecular flexibility index (Phi) is 6.73. The molecule has 0 aliphatic heterocycles. The third kappa shape index (κ3) is 5.28. The van der Waals surface area contributed by atoms with Crippen LogP contribution in [0.15, 0.2) is 60.9 Å². The first-order chi connectivity index (χ1) is 14.1. The van der Waals surface area contributed by atoms with E-state index in [1.165, 1.54) is 18.5 Å². The van der Waals surface area contributed by atoms with E-state index in [-0.39, 0.29) is 18.3 Å². The van der Waals surface area contributed by atoms with E-state index in [9.17, 15) is 9.18 Å². The van der Waals surface area contributed by atoms with Crippen LogP contribution in [0.4, 0.5) is 21.7 Å². The van der Waals surface area contributed by atoms with Crippen molar-refractivity contribution >= 4 is 23.2 Å². The van der Waals surface area contributed by atoms with E-state index in [4.69, 9.17) is 0 Å². The van der Waals surface area contributed by atoms with Crippen molar-refractivity contribution in [2.24, 2.45) is 0 Å². The minimum absolute atomic E-state index is 0.102. The highest BCUT2D eigenvalue weighted by Crippen LogP contribution is 2.19. The number of hydrogen-bond acceptors (Lipinski definition) is 5. The lowest BCUT2D eigenvalue weighted by atomic mass is 10.2. The fraction of sp³-hybridized carbons (Fsp3) is 0.227. The van der Waals surface area contributed by atoms with Crippen LogP contribution >= 0.6 is 0 Å². The van der Waals surface area contributed by atoms with Crippen LogP contribution in [0.25, 0.3) is 0 Å². The molecule has 0 saturated carbocycles. The average molecular weight is 393 g/mol. The molecule has 6 nitrogen and oxygen atoms in total. The van der Waals surface area contributed by atoms with Crippen molar-refractivity contribution in [2.75, 3.05) is 23.3 Å². The number of nitrogens with zero attached hydrogens (tertiary/aromatic N) is 3. The van der Waals surface area contributed by atoms with Crippen LogP contribution in [0, 0.1) is 5.82 Å². The Hall–Kier alpha value is -3.48. The summed E-state index contributed by atoms with van der Waals surface area (Å²) in [6.07, 6.45) is 2.88. The van der Waals surface area contributed by atoms with Gasteiger partial charge in [0, 0.05) is 49.0 Å². The predicted octanol–water partition coefficient (Wildman–Crippen LogP) is 4.14. The van der Waals surface area contributed by atoms with Crippen LogP contribution in [0.5, 0.6) is 0 Å². The monoisotopic (exact) mass is 393 g/mol. The van der Waals surface area contributed by atoms with Gasteiger partial charge in [-0.15, -0.1) is 0 Å². The van der Waals surface area contributed by atoms with Gasteiger partial charge in [0.1, 0.15) is 5.82 Å². The number of hydrogen-bond donors (Lipinski definition) is 2. The third-order valence-corrected chi connectivity index (χ3v) is 4.56. The zero-order valence-electron chi connectivity index (χ0n) is 16.5. The summed E-state index contributed by atoms with van der Waals surface area (Å²) < 4.78 is 13.6. The summed E-state index contributed by atoms with van der Waals surface area (Å²) in [7, 11) is 0. The van der Waals surface area contributed by atoms with Crippen LogP contribution in [-0.4, -0.2) is 29.0 Å². The summed E-state index contributed by atoms with van der Waals surface area (Å²) in [4.78, 5) is 22.9. The molecule has 0 saturated heterocycles. The van der Waals surface area contributed by atoms with Crippen LogP contribution in [0.1, 0.15) is 29.8 Å². The first-order valence-corrected chi connectivity index (χ1v) is 9.56. The number of rotatable bonds is 8. The molecule has 0 spiro atoms. The van der Waals surface area contributed by atoms with Crippen molar-refractivity contribution in [3.63, 3.8) is 0 Å². The molecule has 29 heavy (non-hydrogen) atoms. The molecular formula is C22H24FN5O. The molecule has 1 heterocycles. The van der Waals surface area contributed by atoms with Gasteiger partial charge in [0.2, 0.25) is 5.95 Å². The highest BCUT2D eigenvalue weighted by atomic mass is 19.1. The maximum atomic E-state index is 13.6. The van der Waals surface area contributed by atoms with Crippen LogP contribution in [-0.2, 0) is 6.54 Å². The Morgan fingerprint density at radius 2 is 1.66 bits per heavy atom. The second-order valence-corrected chi connectivity index (χ2v) is 6.41. The molecule has 0 bridgehead atoms. The highest BCUT2D eigenvalue weighted by molar-refractivity contribution is 5.93. The number of amides is 1. The largest absolute Gasteiger partial charge is 0.372 e. The second-order valence-electron chi connectivity index (χ2n) is 6.41. The lowest BCUT2D eigenvalue weighted by Gasteiger charge is -2.21. The number of benzene rings is 2. The molecule has 7 heteroatoms. The smallest absolute Gasteiger partial charge is 0.254 e. The van der Waals surface area contributed by atoms with E-state index in [1.54, 1.807) is 18.2 Å². The molecular weight excluding hydrogens is 369 g/mol. The number of carbonyl (C=O) groups is 1. The van der Waals surface area contributed by atoms with Gasteiger partial charge in [0.25, 0.3) is 5.91 Å². The summed E-state index contributed by atoms with van der Waals surface area (Å²) in [5.74, 6) is -0.315. The fourth-order valence-corrected chi connectivity index (χ4v) is 2.90. The van der Waals surface area contributed by atoms with Gasteiger partial charge in [-0.3, -0.25) is 4.79 Å². The molecule has 0 fully saturated rings. The minimum Gasteiger partial charge on any atom is -0.372 e. The van der Waals surface area contributed by atoms with Gasteiger partial charge in [-0.25, -0.2) is 14.4 Å². The van der Waals surface area contributed by atoms with Crippen molar-refractivity contribution in [2.45, 2.75) is 20.4 Å². The van der Waals surface area contributed by atoms with Gasteiger partial charge in [-0.05, 0) is 44.2 Å². The Balaban J connectivity index is 1.58. The summed E-state index contributed by atoms with van der Waals surface area (Å²) in [5.41, 5.74) is 2.75. The van der Waals surface area contributed by atoms with Crippen LogP contribution in [0.2, 0.25) is 0 Å². The molecule has 1 aromatic heterocycles. The Morgan fingerprint density at radius 3 is 2.28 bits per heavy atom. The summed E-state index contributed by atoms with van der Waals surface area (Å²) in [6, 6.07) is 14.3.